The zero-order chi connectivity index (χ0) is 10.4. The van der Waals surface area contributed by atoms with E-state index in [0.29, 0.717) is 17.5 Å². The van der Waals surface area contributed by atoms with Gasteiger partial charge in [0, 0.05) is 11.6 Å². The number of nitrogens with one attached hydrogen (secondary N) is 1. The van der Waals surface area contributed by atoms with Crippen molar-refractivity contribution in [1.29, 1.82) is 0 Å². The van der Waals surface area contributed by atoms with Gasteiger partial charge in [-0.05, 0) is 17.7 Å². The third-order valence-corrected chi connectivity index (χ3v) is 2.67. The maximum atomic E-state index is 9.31. The molecule has 0 atom stereocenters. The van der Waals surface area contributed by atoms with E-state index >= 15 is 0 Å². The number of rotatable bonds is 0. The van der Waals surface area contributed by atoms with Crippen LogP contribution < -0.4 is 5.32 Å². The summed E-state index contributed by atoms with van der Waals surface area (Å²) in [5, 5.41) is 13.1. The second kappa shape index (κ2) is 2.90. The standard InChI is InChI=1S/C10H8ClN3O/c11-7-2-1-6-4-12-10-13-9(15)5-14(10)8(6)3-7/h1-3,5,15H,4H2,(H,12,13). The van der Waals surface area contributed by atoms with Crippen LogP contribution in [-0.2, 0) is 6.54 Å². The zero-order valence-electron chi connectivity index (χ0n) is 7.74. The van der Waals surface area contributed by atoms with Crippen molar-refractivity contribution >= 4 is 17.5 Å². The lowest BCUT2D eigenvalue weighted by molar-refractivity contribution is 0.456. The van der Waals surface area contributed by atoms with E-state index in [2.05, 4.69) is 10.3 Å². The van der Waals surface area contributed by atoms with Crippen molar-refractivity contribution in [1.82, 2.24) is 9.55 Å². The van der Waals surface area contributed by atoms with E-state index in [4.69, 9.17) is 11.6 Å². The Morgan fingerprint density at radius 1 is 1.47 bits per heavy atom. The molecule has 0 amide bonds. The molecule has 0 bridgehead atoms. The Morgan fingerprint density at radius 2 is 2.33 bits per heavy atom. The minimum atomic E-state index is 0.00493. The molecular formula is C10H8ClN3O. The molecule has 0 unspecified atom stereocenters. The molecule has 2 heterocycles. The van der Waals surface area contributed by atoms with Gasteiger partial charge in [-0.15, -0.1) is 0 Å². The predicted molar refractivity (Wildman–Crippen MR) is 57.6 cm³/mol. The van der Waals surface area contributed by atoms with E-state index in [9.17, 15) is 5.11 Å². The largest absolute Gasteiger partial charge is 0.492 e. The summed E-state index contributed by atoms with van der Waals surface area (Å²) >= 11 is 5.93. The van der Waals surface area contributed by atoms with E-state index in [0.717, 1.165) is 11.3 Å². The lowest BCUT2D eigenvalue weighted by Crippen LogP contribution is -2.14. The molecule has 3 rings (SSSR count). The highest BCUT2D eigenvalue weighted by Crippen LogP contribution is 2.29. The van der Waals surface area contributed by atoms with Gasteiger partial charge >= 0.3 is 0 Å². The van der Waals surface area contributed by atoms with Crippen LogP contribution in [0.5, 0.6) is 5.88 Å². The molecule has 1 aliphatic heterocycles. The highest BCUT2D eigenvalue weighted by atomic mass is 35.5. The Kier molecular flexibility index (Phi) is 1.67. The molecule has 1 aliphatic rings. The lowest BCUT2D eigenvalue weighted by Gasteiger charge is -2.19. The third-order valence-electron chi connectivity index (χ3n) is 2.44. The molecule has 4 nitrogen and oxygen atoms in total. The minimum Gasteiger partial charge on any atom is -0.492 e. The van der Waals surface area contributed by atoms with E-state index in [1.807, 2.05) is 18.2 Å². The molecule has 1 aromatic carbocycles. The van der Waals surface area contributed by atoms with Crippen LogP contribution in [0.2, 0.25) is 5.02 Å². The summed E-state index contributed by atoms with van der Waals surface area (Å²) in [5.74, 6) is 0.646. The van der Waals surface area contributed by atoms with Crippen LogP contribution in [0.15, 0.2) is 24.4 Å². The fourth-order valence-electron chi connectivity index (χ4n) is 1.76. The molecule has 0 saturated heterocycles. The minimum absolute atomic E-state index is 0.00493. The second-order valence-electron chi connectivity index (χ2n) is 3.42. The summed E-state index contributed by atoms with van der Waals surface area (Å²) in [5.41, 5.74) is 2.09. The first kappa shape index (κ1) is 8.61. The first-order valence-corrected chi connectivity index (χ1v) is 4.93. The molecule has 2 N–H and O–H groups in total. The number of aromatic hydroxyl groups is 1. The molecule has 76 valence electrons. The van der Waals surface area contributed by atoms with Gasteiger partial charge < -0.3 is 10.4 Å². The van der Waals surface area contributed by atoms with Gasteiger partial charge in [0.1, 0.15) is 0 Å². The Labute approximate surface area is 91.1 Å². The number of anilines is 1. The van der Waals surface area contributed by atoms with Crippen LogP contribution in [-0.4, -0.2) is 14.7 Å². The number of aromatic nitrogens is 2. The molecule has 2 aromatic rings. The summed E-state index contributed by atoms with van der Waals surface area (Å²) in [6.07, 6.45) is 1.57. The summed E-state index contributed by atoms with van der Waals surface area (Å²) in [6, 6.07) is 5.68. The first-order chi connectivity index (χ1) is 7.24. The average Bonchev–Trinajstić information content (AvgIpc) is 2.58. The topological polar surface area (TPSA) is 50.1 Å². The van der Waals surface area contributed by atoms with Crippen molar-refractivity contribution in [2.75, 3.05) is 5.32 Å². The monoisotopic (exact) mass is 221 g/mol. The van der Waals surface area contributed by atoms with Crippen molar-refractivity contribution < 1.29 is 5.11 Å². The number of hydrogen-bond donors (Lipinski definition) is 2. The maximum Gasteiger partial charge on any atom is 0.231 e. The number of fused-ring (bicyclic) bond motifs is 3. The average molecular weight is 222 g/mol. The zero-order valence-corrected chi connectivity index (χ0v) is 8.49. The van der Waals surface area contributed by atoms with E-state index in [-0.39, 0.29) is 5.88 Å². The van der Waals surface area contributed by atoms with Crippen LogP contribution >= 0.6 is 11.6 Å². The molecule has 0 spiro atoms. The number of hydrogen-bond acceptors (Lipinski definition) is 3. The second-order valence-corrected chi connectivity index (χ2v) is 3.86. The van der Waals surface area contributed by atoms with Gasteiger partial charge in [-0.2, -0.15) is 4.98 Å². The Balaban J connectivity index is 2.27. The van der Waals surface area contributed by atoms with E-state index in [1.165, 1.54) is 0 Å². The summed E-state index contributed by atoms with van der Waals surface area (Å²) in [4.78, 5) is 3.94. The number of halogens is 1. The van der Waals surface area contributed by atoms with Gasteiger partial charge in [0.2, 0.25) is 11.8 Å². The summed E-state index contributed by atoms with van der Waals surface area (Å²) < 4.78 is 1.79. The predicted octanol–water partition coefficient (Wildman–Crippen LogP) is 2.16. The smallest absolute Gasteiger partial charge is 0.231 e. The Morgan fingerprint density at radius 3 is 3.20 bits per heavy atom. The normalized spacial score (nSPS) is 12.9. The van der Waals surface area contributed by atoms with Crippen LogP contribution in [0.4, 0.5) is 5.95 Å². The van der Waals surface area contributed by atoms with Crippen LogP contribution in [0.25, 0.3) is 5.69 Å². The number of benzene rings is 1. The van der Waals surface area contributed by atoms with Crippen molar-refractivity contribution in [2.24, 2.45) is 0 Å². The molecular weight excluding hydrogens is 214 g/mol. The highest BCUT2D eigenvalue weighted by Gasteiger charge is 2.17. The maximum absolute atomic E-state index is 9.31. The van der Waals surface area contributed by atoms with Crippen molar-refractivity contribution in [3.63, 3.8) is 0 Å². The summed E-state index contributed by atoms with van der Waals surface area (Å²) in [7, 11) is 0. The van der Waals surface area contributed by atoms with E-state index in [1.54, 1.807) is 10.8 Å². The number of nitrogens with zero attached hydrogens (tertiary/aromatic N) is 2. The van der Waals surface area contributed by atoms with Gasteiger partial charge in [-0.3, -0.25) is 4.57 Å². The highest BCUT2D eigenvalue weighted by molar-refractivity contribution is 6.30. The summed E-state index contributed by atoms with van der Waals surface area (Å²) in [6.45, 7) is 0.697. The molecule has 5 heteroatoms. The molecule has 0 aliphatic carbocycles. The fraction of sp³-hybridized carbons (Fsp3) is 0.100. The SMILES string of the molecule is Oc1cn2c(n1)NCc1ccc(Cl)cc1-2. The van der Waals surface area contributed by atoms with Crippen LogP contribution in [0.1, 0.15) is 5.56 Å². The van der Waals surface area contributed by atoms with Crippen molar-refractivity contribution in [2.45, 2.75) is 6.54 Å². The Bertz CT molecular complexity index is 535. The molecule has 15 heavy (non-hydrogen) atoms. The van der Waals surface area contributed by atoms with Crippen LogP contribution in [0, 0.1) is 0 Å². The van der Waals surface area contributed by atoms with Gasteiger partial charge in [0.05, 0.1) is 11.9 Å². The number of imidazole rings is 1. The third kappa shape index (κ3) is 1.26. The molecule has 0 radical (unpaired) electrons. The molecule has 1 aromatic heterocycles. The van der Waals surface area contributed by atoms with Crippen LogP contribution in [0.3, 0.4) is 0 Å². The lowest BCUT2D eigenvalue weighted by atomic mass is 10.1. The van der Waals surface area contributed by atoms with Gasteiger partial charge in [-0.1, -0.05) is 17.7 Å². The molecule has 0 saturated carbocycles. The van der Waals surface area contributed by atoms with E-state index < -0.39 is 0 Å². The van der Waals surface area contributed by atoms with Gasteiger partial charge in [-0.25, -0.2) is 0 Å². The first-order valence-electron chi connectivity index (χ1n) is 4.55. The van der Waals surface area contributed by atoms with Gasteiger partial charge in [0.25, 0.3) is 0 Å². The quantitative estimate of drug-likeness (QED) is 0.717. The van der Waals surface area contributed by atoms with Gasteiger partial charge in [0.15, 0.2) is 0 Å². The fourth-order valence-corrected chi connectivity index (χ4v) is 1.93. The Hall–Kier alpha value is -1.68. The van der Waals surface area contributed by atoms with Crippen molar-refractivity contribution in [3.8, 4) is 11.6 Å². The van der Waals surface area contributed by atoms with Crippen molar-refractivity contribution in [3.05, 3.63) is 35.0 Å². The molecule has 0 fully saturated rings.